The van der Waals surface area contributed by atoms with Crippen molar-refractivity contribution in [1.82, 2.24) is 0 Å². The molecule has 2 aromatic carbocycles. The van der Waals surface area contributed by atoms with Gasteiger partial charge in [-0.1, -0.05) is 12.1 Å². The van der Waals surface area contributed by atoms with E-state index in [0.29, 0.717) is 0 Å². The summed E-state index contributed by atoms with van der Waals surface area (Å²) in [4.78, 5) is 3.84. The van der Waals surface area contributed by atoms with Gasteiger partial charge in [0.25, 0.3) is 0 Å². The van der Waals surface area contributed by atoms with Crippen LogP contribution in [0.2, 0.25) is 0 Å². The van der Waals surface area contributed by atoms with Crippen molar-refractivity contribution in [2.24, 2.45) is 10.7 Å². The molecule has 140 valence electrons. The number of ether oxygens (including phenoxy) is 1. The van der Waals surface area contributed by atoms with Crippen molar-refractivity contribution in [3.8, 4) is 5.75 Å². The maximum Gasteiger partial charge on any atom is 0.573 e. The Bertz CT molecular complexity index is 784. The highest BCUT2D eigenvalue weighted by atomic mass is 19.4. The number of halogens is 6. The second-order valence-electron chi connectivity index (χ2n) is 5.06. The molecule has 4 nitrogen and oxygen atoms in total. The number of guanidine groups is 1. The molecular weight excluding hydrogens is 364 g/mol. The Labute approximate surface area is 144 Å². The molecule has 0 saturated carbocycles. The summed E-state index contributed by atoms with van der Waals surface area (Å²) < 4.78 is 79.9. The minimum atomic E-state index is -4.87. The molecule has 0 heterocycles. The van der Waals surface area contributed by atoms with Crippen LogP contribution in [0, 0.1) is 17.5 Å². The third-order valence-electron chi connectivity index (χ3n) is 3.10. The van der Waals surface area contributed by atoms with Gasteiger partial charge in [-0.3, -0.25) is 4.99 Å². The number of benzene rings is 2. The van der Waals surface area contributed by atoms with E-state index >= 15 is 0 Å². The number of hydrogen-bond acceptors (Lipinski definition) is 2. The van der Waals surface area contributed by atoms with E-state index in [2.05, 4.69) is 15.0 Å². The molecule has 0 unspecified atom stereocenters. The molecule has 2 rings (SSSR count). The number of para-hydroxylation sites is 2. The van der Waals surface area contributed by atoms with Crippen molar-refractivity contribution in [1.29, 1.82) is 0 Å². The zero-order chi connectivity index (χ0) is 19.3. The largest absolute Gasteiger partial charge is 0.573 e. The van der Waals surface area contributed by atoms with Crippen LogP contribution < -0.4 is 15.8 Å². The molecular formula is C16H13F6N3O. The molecule has 0 saturated heterocycles. The Morgan fingerprint density at radius 2 is 1.69 bits per heavy atom. The van der Waals surface area contributed by atoms with Gasteiger partial charge in [0.15, 0.2) is 29.2 Å². The van der Waals surface area contributed by atoms with Crippen LogP contribution >= 0.6 is 0 Å². The third kappa shape index (κ3) is 5.57. The van der Waals surface area contributed by atoms with Crippen LogP contribution in [-0.4, -0.2) is 18.9 Å². The number of rotatable bonds is 5. The third-order valence-corrected chi connectivity index (χ3v) is 3.10. The molecule has 0 radical (unpaired) electrons. The smallest absolute Gasteiger partial charge is 0.404 e. The second kappa shape index (κ2) is 7.98. The predicted molar refractivity (Wildman–Crippen MR) is 83.3 cm³/mol. The van der Waals surface area contributed by atoms with Crippen LogP contribution in [0.4, 0.5) is 32.0 Å². The van der Waals surface area contributed by atoms with Crippen molar-refractivity contribution in [3.05, 3.63) is 59.4 Å². The molecule has 0 aliphatic carbocycles. The standard InChI is InChI=1S/C16H13F6N3O/c17-10-7-9(8-11(18)14(10)19)5-6-24-15(23)25-12-3-1-2-4-13(12)26-16(20,21)22/h1-4,7-8H,5-6H2,(H3,23,24,25). The van der Waals surface area contributed by atoms with Gasteiger partial charge in [0.05, 0.1) is 5.69 Å². The summed E-state index contributed by atoms with van der Waals surface area (Å²) >= 11 is 0. The minimum absolute atomic E-state index is 0.0361. The average molecular weight is 377 g/mol. The van der Waals surface area contributed by atoms with Crippen LogP contribution in [0.1, 0.15) is 5.56 Å². The van der Waals surface area contributed by atoms with Gasteiger partial charge in [-0.05, 0) is 36.2 Å². The number of anilines is 1. The first-order valence-electron chi connectivity index (χ1n) is 7.21. The van der Waals surface area contributed by atoms with Crippen molar-refractivity contribution in [2.75, 3.05) is 11.9 Å². The molecule has 26 heavy (non-hydrogen) atoms. The van der Waals surface area contributed by atoms with Crippen LogP contribution in [0.15, 0.2) is 41.4 Å². The van der Waals surface area contributed by atoms with Crippen molar-refractivity contribution in [3.63, 3.8) is 0 Å². The van der Waals surface area contributed by atoms with Crippen LogP contribution in [0.25, 0.3) is 0 Å². The summed E-state index contributed by atoms with van der Waals surface area (Å²) in [7, 11) is 0. The molecule has 0 aliphatic rings. The highest BCUT2D eigenvalue weighted by Crippen LogP contribution is 2.29. The molecule has 0 fully saturated rings. The topological polar surface area (TPSA) is 59.6 Å². The molecule has 0 amide bonds. The lowest BCUT2D eigenvalue weighted by Crippen LogP contribution is -2.24. The number of nitrogens with one attached hydrogen (secondary N) is 1. The Morgan fingerprint density at radius 1 is 1.08 bits per heavy atom. The van der Waals surface area contributed by atoms with Crippen LogP contribution in [-0.2, 0) is 6.42 Å². The normalized spacial score (nSPS) is 12.2. The number of nitrogens with zero attached hydrogens (tertiary/aromatic N) is 1. The van der Waals surface area contributed by atoms with Crippen molar-refractivity contribution in [2.45, 2.75) is 12.8 Å². The van der Waals surface area contributed by atoms with E-state index in [4.69, 9.17) is 5.73 Å². The molecule has 0 spiro atoms. The van der Waals surface area contributed by atoms with Crippen LogP contribution in [0.5, 0.6) is 5.75 Å². The van der Waals surface area contributed by atoms with E-state index in [1.807, 2.05) is 0 Å². The Balaban J connectivity index is 2.01. The lowest BCUT2D eigenvalue weighted by molar-refractivity contribution is -0.274. The van der Waals surface area contributed by atoms with Crippen LogP contribution in [0.3, 0.4) is 0 Å². The number of alkyl halides is 3. The minimum Gasteiger partial charge on any atom is -0.404 e. The van der Waals surface area contributed by atoms with Gasteiger partial charge < -0.3 is 15.8 Å². The molecule has 0 aliphatic heterocycles. The van der Waals surface area contributed by atoms with Gasteiger partial charge in [-0.15, -0.1) is 13.2 Å². The van der Waals surface area contributed by atoms with Gasteiger partial charge in [0, 0.05) is 6.54 Å². The van der Waals surface area contributed by atoms with Crippen molar-refractivity contribution >= 4 is 11.6 Å². The highest BCUT2D eigenvalue weighted by Gasteiger charge is 2.32. The van der Waals surface area contributed by atoms with E-state index in [-0.39, 0.29) is 30.2 Å². The lowest BCUT2D eigenvalue weighted by Gasteiger charge is -2.14. The monoisotopic (exact) mass is 377 g/mol. The average Bonchev–Trinajstić information content (AvgIpc) is 2.53. The summed E-state index contributed by atoms with van der Waals surface area (Å²) in [5, 5.41) is 2.45. The van der Waals surface area contributed by atoms with Gasteiger partial charge in [0.1, 0.15) is 0 Å². The number of hydrogen-bond donors (Lipinski definition) is 2. The zero-order valence-electron chi connectivity index (χ0n) is 13.1. The van der Waals surface area contributed by atoms with E-state index < -0.39 is 29.6 Å². The first kappa shape index (κ1) is 19.4. The number of nitrogens with two attached hydrogens (primary N) is 1. The Kier molecular flexibility index (Phi) is 5.96. The lowest BCUT2D eigenvalue weighted by atomic mass is 10.1. The Morgan fingerprint density at radius 3 is 2.31 bits per heavy atom. The fraction of sp³-hybridized carbons (Fsp3) is 0.188. The van der Waals surface area contributed by atoms with Gasteiger partial charge in [-0.2, -0.15) is 0 Å². The van der Waals surface area contributed by atoms with Gasteiger partial charge >= 0.3 is 6.36 Å². The van der Waals surface area contributed by atoms with Gasteiger partial charge in [0.2, 0.25) is 0 Å². The zero-order valence-corrected chi connectivity index (χ0v) is 13.1. The summed E-state index contributed by atoms with van der Waals surface area (Å²) in [5.41, 5.74) is 5.67. The Hall–Kier alpha value is -2.91. The maximum atomic E-state index is 13.1. The van der Waals surface area contributed by atoms with E-state index in [9.17, 15) is 26.3 Å². The quantitative estimate of drug-likeness (QED) is 0.359. The summed E-state index contributed by atoms with van der Waals surface area (Å²) in [6, 6.07) is 6.84. The first-order valence-corrected chi connectivity index (χ1v) is 7.21. The molecule has 3 N–H and O–H groups in total. The molecule has 0 bridgehead atoms. The SMILES string of the molecule is NC(=NCCc1cc(F)c(F)c(F)c1)Nc1ccccc1OC(F)(F)F. The molecule has 0 atom stereocenters. The molecule has 10 heteroatoms. The fourth-order valence-corrected chi connectivity index (χ4v) is 2.02. The van der Waals surface area contributed by atoms with Crippen molar-refractivity contribution < 1.29 is 31.1 Å². The second-order valence-corrected chi connectivity index (χ2v) is 5.06. The van der Waals surface area contributed by atoms with E-state index in [1.54, 1.807) is 0 Å². The summed E-state index contributed by atoms with van der Waals surface area (Å²) in [6.45, 7) is -0.0361. The van der Waals surface area contributed by atoms with E-state index in [0.717, 1.165) is 18.2 Å². The summed E-state index contributed by atoms with van der Waals surface area (Å²) in [6.07, 6.45) is -4.84. The fourth-order valence-electron chi connectivity index (χ4n) is 2.02. The first-order chi connectivity index (χ1) is 12.2. The predicted octanol–water partition coefficient (Wildman–Crippen LogP) is 3.97. The number of aliphatic imine (C=N–C) groups is 1. The molecule has 2 aromatic rings. The maximum absolute atomic E-state index is 13.1. The van der Waals surface area contributed by atoms with Gasteiger partial charge in [-0.25, -0.2) is 13.2 Å². The summed E-state index contributed by atoms with van der Waals surface area (Å²) in [5.74, 6) is -4.95. The molecule has 0 aromatic heterocycles. The van der Waals surface area contributed by atoms with E-state index in [1.165, 1.54) is 18.2 Å². The highest BCUT2D eigenvalue weighted by molar-refractivity contribution is 5.93.